The van der Waals surface area contributed by atoms with Crippen LogP contribution >= 0.6 is 11.8 Å². The maximum Gasteiger partial charge on any atom is 0.286 e. The van der Waals surface area contributed by atoms with Crippen LogP contribution in [0.2, 0.25) is 0 Å². The minimum absolute atomic E-state index is 0.115. The van der Waals surface area contributed by atoms with Gasteiger partial charge in [-0.1, -0.05) is 61.0 Å². The SMILES string of the molecule is O=C1NC(=O)C(CCCCCc2ccc3oc(C(=O)c4ccccc4)cc3c2)S1. The highest BCUT2D eigenvalue weighted by Gasteiger charge is 2.30. The second kappa shape index (κ2) is 8.66. The van der Waals surface area contributed by atoms with Gasteiger partial charge < -0.3 is 4.42 Å². The monoisotopic (exact) mass is 407 g/mol. The van der Waals surface area contributed by atoms with E-state index in [1.807, 2.05) is 30.3 Å². The van der Waals surface area contributed by atoms with Gasteiger partial charge in [0, 0.05) is 10.9 Å². The van der Waals surface area contributed by atoms with Crippen molar-refractivity contribution in [1.29, 1.82) is 0 Å². The number of carbonyl (C=O) groups is 3. The number of hydrogen-bond donors (Lipinski definition) is 1. The smallest absolute Gasteiger partial charge is 0.286 e. The number of benzene rings is 2. The number of carbonyl (C=O) groups excluding carboxylic acids is 3. The van der Waals surface area contributed by atoms with Crippen molar-refractivity contribution in [2.45, 2.75) is 37.4 Å². The number of aryl methyl sites for hydroxylation is 1. The van der Waals surface area contributed by atoms with Gasteiger partial charge in [-0.05, 0) is 43.0 Å². The van der Waals surface area contributed by atoms with Crippen molar-refractivity contribution in [2.75, 3.05) is 0 Å². The number of unbranched alkanes of at least 4 members (excludes halogenated alkanes) is 2. The van der Waals surface area contributed by atoms with Crippen molar-refractivity contribution >= 4 is 39.7 Å². The van der Waals surface area contributed by atoms with E-state index in [2.05, 4.69) is 11.4 Å². The summed E-state index contributed by atoms with van der Waals surface area (Å²) in [7, 11) is 0. The molecule has 1 N–H and O–H groups in total. The number of rotatable bonds is 8. The number of ketones is 1. The summed E-state index contributed by atoms with van der Waals surface area (Å²) in [5.41, 5.74) is 2.52. The summed E-state index contributed by atoms with van der Waals surface area (Å²) in [4.78, 5) is 35.3. The molecule has 0 bridgehead atoms. The van der Waals surface area contributed by atoms with Gasteiger partial charge in [-0.15, -0.1) is 0 Å². The maximum atomic E-state index is 12.6. The first kappa shape index (κ1) is 19.5. The molecule has 1 saturated heterocycles. The predicted octanol–water partition coefficient (Wildman–Crippen LogP) is 5.12. The summed E-state index contributed by atoms with van der Waals surface area (Å²) in [6.45, 7) is 0. The van der Waals surface area contributed by atoms with Crippen molar-refractivity contribution in [3.8, 4) is 0 Å². The number of thioether (sulfide) groups is 1. The number of fused-ring (bicyclic) bond motifs is 1. The van der Waals surface area contributed by atoms with Crippen LogP contribution in [0.25, 0.3) is 11.0 Å². The topological polar surface area (TPSA) is 76.4 Å². The van der Waals surface area contributed by atoms with E-state index in [4.69, 9.17) is 4.42 Å². The Hall–Kier alpha value is -2.86. The molecule has 4 rings (SSSR count). The highest BCUT2D eigenvalue weighted by Crippen LogP contribution is 2.25. The Bertz CT molecular complexity index is 1060. The van der Waals surface area contributed by atoms with Crippen molar-refractivity contribution < 1.29 is 18.8 Å². The lowest BCUT2D eigenvalue weighted by Crippen LogP contribution is -2.24. The zero-order chi connectivity index (χ0) is 20.2. The fraction of sp³-hybridized carbons (Fsp3) is 0.261. The summed E-state index contributed by atoms with van der Waals surface area (Å²) in [5, 5.41) is 2.78. The number of furan rings is 1. The molecule has 5 nitrogen and oxygen atoms in total. The molecule has 148 valence electrons. The zero-order valence-electron chi connectivity index (χ0n) is 15.9. The summed E-state index contributed by atoms with van der Waals surface area (Å²) in [6, 6.07) is 16.9. The number of amides is 2. The van der Waals surface area contributed by atoms with Gasteiger partial charge in [0.25, 0.3) is 5.24 Å². The fourth-order valence-electron chi connectivity index (χ4n) is 3.51. The van der Waals surface area contributed by atoms with E-state index in [1.165, 1.54) is 5.56 Å². The molecule has 1 atom stereocenters. The molecule has 1 aromatic heterocycles. The van der Waals surface area contributed by atoms with Gasteiger partial charge in [0.15, 0.2) is 5.76 Å². The van der Waals surface area contributed by atoms with E-state index in [0.29, 0.717) is 16.9 Å². The maximum absolute atomic E-state index is 12.6. The molecule has 1 aliphatic rings. The van der Waals surface area contributed by atoms with Crippen molar-refractivity contribution in [2.24, 2.45) is 0 Å². The van der Waals surface area contributed by atoms with Crippen LogP contribution in [-0.4, -0.2) is 22.2 Å². The first-order chi connectivity index (χ1) is 14.1. The largest absolute Gasteiger partial charge is 0.453 e. The molecule has 3 aromatic rings. The Kier molecular flexibility index (Phi) is 5.81. The van der Waals surface area contributed by atoms with Crippen LogP contribution in [0.3, 0.4) is 0 Å². The van der Waals surface area contributed by atoms with E-state index in [0.717, 1.165) is 49.3 Å². The summed E-state index contributed by atoms with van der Waals surface area (Å²) in [5.74, 6) is 0.0761. The molecule has 0 saturated carbocycles. The van der Waals surface area contributed by atoms with Crippen LogP contribution in [0, 0.1) is 0 Å². The van der Waals surface area contributed by atoms with Gasteiger partial charge >= 0.3 is 0 Å². The van der Waals surface area contributed by atoms with Crippen LogP contribution in [0.1, 0.15) is 47.4 Å². The van der Waals surface area contributed by atoms with Crippen LogP contribution in [0.4, 0.5) is 4.79 Å². The molecule has 2 amide bonds. The molecular weight excluding hydrogens is 386 g/mol. The Balaban J connectivity index is 1.31. The van der Waals surface area contributed by atoms with Crippen LogP contribution in [0.15, 0.2) is 59.0 Å². The van der Waals surface area contributed by atoms with Crippen molar-refractivity contribution in [3.05, 3.63) is 71.5 Å². The van der Waals surface area contributed by atoms with Crippen LogP contribution < -0.4 is 5.32 Å². The Labute approximate surface area is 172 Å². The summed E-state index contributed by atoms with van der Waals surface area (Å²) >= 11 is 1.09. The van der Waals surface area contributed by atoms with Gasteiger partial charge in [0.05, 0.1) is 5.25 Å². The average molecular weight is 407 g/mol. The molecule has 0 aliphatic carbocycles. The Morgan fingerprint density at radius 1 is 1.00 bits per heavy atom. The third-order valence-electron chi connectivity index (χ3n) is 5.04. The fourth-order valence-corrected chi connectivity index (χ4v) is 4.38. The number of nitrogens with one attached hydrogen (secondary N) is 1. The minimum atomic E-state index is -0.237. The third-order valence-corrected chi connectivity index (χ3v) is 6.09. The summed E-state index contributed by atoms with van der Waals surface area (Å²) in [6.07, 6.45) is 4.58. The van der Waals surface area contributed by atoms with Gasteiger partial charge in [0.1, 0.15) is 5.58 Å². The molecule has 1 fully saturated rings. The molecule has 29 heavy (non-hydrogen) atoms. The standard InChI is InChI=1S/C23H21NO4S/c25-21(16-8-4-2-5-9-16)19-14-17-13-15(11-12-18(17)28-19)7-3-1-6-10-20-22(26)24-23(27)29-20/h2,4-5,8-9,11-14,20H,1,3,6-7,10H2,(H,24,26,27). The van der Waals surface area contributed by atoms with E-state index in [9.17, 15) is 14.4 Å². The van der Waals surface area contributed by atoms with Gasteiger partial charge in [-0.3, -0.25) is 19.7 Å². The lowest BCUT2D eigenvalue weighted by Gasteiger charge is -2.05. The van der Waals surface area contributed by atoms with E-state index in [-0.39, 0.29) is 22.2 Å². The first-order valence-corrected chi connectivity index (χ1v) is 10.6. The molecule has 1 aliphatic heterocycles. The normalized spacial score (nSPS) is 16.3. The first-order valence-electron chi connectivity index (χ1n) is 9.74. The van der Waals surface area contributed by atoms with Gasteiger partial charge in [-0.2, -0.15) is 0 Å². The average Bonchev–Trinajstić information content (AvgIpc) is 3.29. The Morgan fingerprint density at radius 2 is 1.83 bits per heavy atom. The van der Waals surface area contributed by atoms with Crippen molar-refractivity contribution in [3.63, 3.8) is 0 Å². The van der Waals surface area contributed by atoms with Gasteiger partial charge in [-0.25, -0.2) is 0 Å². The number of imide groups is 1. The third kappa shape index (κ3) is 4.59. The number of hydrogen-bond acceptors (Lipinski definition) is 5. The zero-order valence-corrected chi connectivity index (χ0v) is 16.7. The van der Waals surface area contributed by atoms with Crippen LogP contribution in [0.5, 0.6) is 0 Å². The lowest BCUT2D eigenvalue weighted by molar-refractivity contribution is -0.119. The predicted molar refractivity (Wildman–Crippen MR) is 113 cm³/mol. The highest BCUT2D eigenvalue weighted by molar-refractivity contribution is 8.15. The Morgan fingerprint density at radius 3 is 2.59 bits per heavy atom. The highest BCUT2D eigenvalue weighted by atomic mass is 32.2. The molecule has 0 radical (unpaired) electrons. The molecule has 1 unspecified atom stereocenters. The molecule has 6 heteroatoms. The molecular formula is C23H21NO4S. The van der Waals surface area contributed by atoms with Crippen LogP contribution in [-0.2, 0) is 11.2 Å². The van der Waals surface area contributed by atoms with E-state index < -0.39 is 0 Å². The summed E-state index contributed by atoms with van der Waals surface area (Å²) < 4.78 is 5.74. The minimum Gasteiger partial charge on any atom is -0.453 e. The molecule has 0 spiro atoms. The quantitative estimate of drug-likeness (QED) is 0.414. The van der Waals surface area contributed by atoms with E-state index in [1.54, 1.807) is 18.2 Å². The molecule has 2 heterocycles. The lowest BCUT2D eigenvalue weighted by atomic mass is 10.0. The molecule has 2 aromatic carbocycles. The van der Waals surface area contributed by atoms with Crippen molar-refractivity contribution in [1.82, 2.24) is 5.32 Å². The second-order valence-electron chi connectivity index (χ2n) is 7.16. The second-order valence-corrected chi connectivity index (χ2v) is 8.34. The van der Waals surface area contributed by atoms with Gasteiger partial charge in [0.2, 0.25) is 11.7 Å². The van der Waals surface area contributed by atoms with E-state index >= 15 is 0 Å².